The number of hydrogen-bond acceptors (Lipinski definition) is 6. The van der Waals surface area contributed by atoms with Gasteiger partial charge in [0.1, 0.15) is 11.6 Å². The van der Waals surface area contributed by atoms with Crippen LogP contribution in [0.15, 0.2) is 50.8 Å². The molecule has 0 radical (unpaired) electrons. The topological polar surface area (TPSA) is 99.6 Å². The minimum Gasteiger partial charge on any atom is -0.492 e. The lowest BCUT2D eigenvalue weighted by Gasteiger charge is -2.19. The first-order valence-electron chi connectivity index (χ1n) is 9.20. The predicted octanol–water partition coefficient (Wildman–Crippen LogP) is 4.68. The minimum absolute atomic E-state index is 0.0933. The van der Waals surface area contributed by atoms with Crippen molar-refractivity contribution < 1.29 is 9.66 Å². The quantitative estimate of drug-likeness (QED) is 0.304. The summed E-state index contributed by atoms with van der Waals surface area (Å²) in [5.41, 5.74) is 0.437. The Labute approximate surface area is 181 Å². The van der Waals surface area contributed by atoms with E-state index in [2.05, 4.69) is 26.0 Å². The molecule has 0 atom stereocenters. The molecule has 0 fully saturated rings. The Morgan fingerprint density at radius 1 is 1.27 bits per heavy atom. The van der Waals surface area contributed by atoms with E-state index in [1.807, 2.05) is 26.8 Å². The monoisotopic (exact) mass is 472 g/mol. The van der Waals surface area contributed by atoms with Crippen LogP contribution in [0.1, 0.15) is 32.2 Å². The average Bonchev–Trinajstić information content (AvgIpc) is 2.66. The fraction of sp³-hybridized carbons (Fsp3) is 0.286. The first-order valence-corrected chi connectivity index (χ1v) is 9.99. The second kappa shape index (κ2) is 8.35. The molecule has 30 heavy (non-hydrogen) atoms. The Hall–Kier alpha value is -3.07. The third-order valence-electron chi connectivity index (χ3n) is 4.15. The molecule has 0 bridgehead atoms. The molecular weight excluding hydrogens is 452 g/mol. The second-order valence-electron chi connectivity index (χ2n) is 8.01. The maximum atomic E-state index is 12.9. The molecule has 0 saturated heterocycles. The number of nitro groups is 1. The Morgan fingerprint density at radius 2 is 2.00 bits per heavy atom. The number of benzene rings is 2. The van der Waals surface area contributed by atoms with Gasteiger partial charge in [-0.2, -0.15) is 9.78 Å². The highest BCUT2D eigenvalue weighted by molar-refractivity contribution is 9.10. The summed E-state index contributed by atoms with van der Waals surface area (Å²) in [5.74, 6) is 0.843. The molecule has 0 saturated carbocycles. The van der Waals surface area contributed by atoms with Crippen molar-refractivity contribution in [1.29, 1.82) is 0 Å². The van der Waals surface area contributed by atoms with Gasteiger partial charge in [-0.15, -0.1) is 0 Å². The first-order chi connectivity index (χ1) is 14.0. The van der Waals surface area contributed by atoms with Crippen LogP contribution in [-0.2, 0) is 0 Å². The van der Waals surface area contributed by atoms with Gasteiger partial charge in [0.05, 0.1) is 28.6 Å². The molecule has 0 unspecified atom stereocenters. The Kier molecular flexibility index (Phi) is 6.02. The normalized spacial score (nSPS) is 11.9. The fourth-order valence-electron chi connectivity index (χ4n) is 2.69. The summed E-state index contributed by atoms with van der Waals surface area (Å²) in [6.07, 6.45) is 1.38. The third kappa shape index (κ3) is 4.91. The van der Waals surface area contributed by atoms with Crippen molar-refractivity contribution in [1.82, 2.24) is 9.66 Å². The summed E-state index contributed by atoms with van der Waals surface area (Å²) in [6.45, 7) is 8.15. The van der Waals surface area contributed by atoms with Gasteiger partial charge in [-0.1, -0.05) is 36.7 Å². The summed E-state index contributed by atoms with van der Waals surface area (Å²) in [5, 5.41) is 15.9. The van der Waals surface area contributed by atoms with Gasteiger partial charge in [-0.3, -0.25) is 14.9 Å². The van der Waals surface area contributed by atoms with E-state index >= 15 is 0 Å². The lowest BCUT2D eigenvalue weighted by atomic mass is 9.98. The molecule has 9 heteroatoms. The zero-order valence-electron chi connectivity index (χ0n) is 17.0. The van der Waals surface area contributed by atoms with Crippen molar-refractivity contribution in [3.05, 3.63) is 72.7 Å². The zero-order chi connectivity index (χ0) is 22.1. The molecule has 0 N–H and O–H groups in total. The average molecular weight is 473 g/mol. The van der Waals surface area contributed by atoms with Crippen LogP contribution < -0.4 is 10.3 Å². The van der Waals surface area contributed by atoms with Crippen LogP contribution in [-0.4, -0.2) is 27.4 Å². The van der Waals surface area contributed by atoms with Gasteiger partial charge in [-0.05, 0) is 36.6 Å². The van der Waals surface area contributed by atoms with Crippen LogP contribution in [0.2, 0.25) is 0 Å². The number of rotatable bonds is 5. The lowest BCUT2D eigenvalue weighted by molar-refractivity contribution is -0.384. The van der Waals surface area contributed by atoms with Crippen LogP contribution in [0.4, 0.5) is 5.69 Å². The summed E-state index contributed by atoms with van der Waals surface area (Å²) in [7, 11) is 0. The van der Waals surface area contributed by atoms with Crippen molar-refractivity contribution >= 4 is 38.7 Å². The zero-order valence-corrected chi connectivity index (χ0v) is 18.6. The molecule has 3 rings (SSSR count). The van der Waals surface area contributed by atoms with Crippen molar-refractivity contribution in [3.63, 3.8) is 0 Å². The Bertz CT molecular complexity index is 1210. The molecule has 1 aromatic heterocycles. The highest BCUT2D eigenvalue weighted by atomic mass is 79.9. The number of non-ortho nitro benzene ring substituents is 1. The summed E-state index contributed by atoms with van der Waals surface area (Å²) < 4.78 is 7.77. The van der Waals surface area contributed by atoms with Gasteiger partial charge < -0.3 is 4.74 Å². The molecule has 3 aromatic rings. The standard InChI is InChI=1S/C21H21BrN4O4/c1-13-24-18-7-5-15(22)10-17(18)20(27)25(13)23-11-14-9-16(26(28)29)6-8-19(14)30-12-21(2,3)4/h5-11H,12H2,1-4H3. The fourth-order valence-corrected chi connectivity index (χ4v) is 3.05. The molecule has 0 aliphatic carbocycles. The van der Waals surface area contributed by atoms with Crippen LogP contribution in [0.5, 0.6) is 5.75 Å². The number of fused-ring (bicyclic) bond motifs is 1. The van der Waals surface area contributed by atoms with Crippen molar-refractivity contribution in [2.24, 2.45) is 10.5 Å². The number of hydrogen-bond donors (Lipinski definition) is 0. The van der Waals surface area contributed by atoms with E-state index in [0.29, 0.717) is 34.6 Å². The number of aryl methyl sites for hydroxylation is 1. The molecule has 0 aliphatic rings. The van der Waals surface area contributed by atoms with E-state index in [1.54, 1.807) is 19.1 Å². The van der Waals surface area contributed by atoms with Crippen molar-refractivity contribution in [3.8, 4) is 5.75 Å². The molecule has 1 heterocycles. The van der Waals surface area contributed by atoms with Crippen LogP contribution in [0.3, 0.4) is 0 Å². The number of nitrogens with zero attached hydrogens (tertiary/aromatic N) is 4. The van der Waals surface area contributed by atoms with E-state index < -0.39 is 4.92 Å². The minimum atomic E-state index is -0.489. The van der Waals surface area contributed by atoms with Gasteiger partial charge in [-0.25, -0.2) is 4.98 Å². The highest BCUT2D eigenvalue weighted by Crippen LogP contribution is 2.25. The summed E-state index contributed by atoms with van der Waals surface area (Å²) >= 11 is 3.35. The van der Waals surface area contributed by atoms with Gasteiger partial charge in [0.15, 0.2) is 0 Å². The largest absolute Gasteiger partial charge is 0.492 e. The number of ether oxygens (including phenoxy) is 1. The SMILES string of the molecule is Cc1nc2ccc(Br)cc2c(=O)n1N=Cc1cc([N+](=O)[O-])ccc1OCC(C)(C)C. The summed E-state index contributed by atoms with van der Waals surface area (Å²) in [4.78, 5) is 28.0. The maximum absolute atomic E-state index is 12.9. The maximum Gasteiger partial charge on any atom is 0.282 e. The molecular formula is C21H21BrN4O4. The Balaban J connectivity index is 2.07. The van der Waals surface area contributed by atoms with E-state index in [4.69, 9.17) is 4.74 Å². The van der Waals surface area contributed by atoms with Gasteiger partial charge in [0.2, 0.25) is 0 Å². The third-order valence-corrected chi connectivity index (χ3v) is 4.64. The van der Waals surface area contributed by atoms with Crippen molar-refractivity contribution in [2.75, 3.05) is 6.61 Å². The second-order valence-corrected chi connectivity index (χ2v) is 8.93. The highest BCUT2D eigenvalue weighted by Gasteiger charge is 2.15. The van der Waals surface area contributed by atoms with Crippen LogP contribution >= 0.6 is 15.9 Å². The van der Waals surface area contributed by atoms with E-state index in [9.17, 15) is 14.9 Å². The molecule has 0 spiro atoms. The smallest absolute Gasteiger partial charge is 0.282 e. The first kappa shape index (κ1) is 21.6. The van der Waals surface area contributed by atoms with Crippen molar-refractivity contribution in [2.45, 2.75) is 27.7 Å². The molecule has 0 amide bonds. The summed E-state index contributed by atoms with van der Waals surface area (Å²) in [6, 6.07) is 9.53. The van der Waals surface area contributed by atoms with Crippen LogP contribution in [0, 0.1) is 22.5 Å². The van der Waals surface area contributed by atoms with Gasteiger partial charge >= 0.3 is 0 Å². The van der Waals surface area contributed by atoms with Gasteiger partial charge in [0, 0.05) is 22.2 Å². The number of aromatic nitrogens is 2. The molecule has 8 nitrogen and oxygen atoms in total. The predicted molar refractivity (Wildman–Crippen MR) is 119 cm³/mol. The molecule has 0 aliphatic heterocycles. The van der Waals surface area contributed by atoms with Crippen LogP contribution in [0.25, 0.3) is 10.9 Å². The lowest BCUT2D eigenvalue weighted by Crippen LogP contribution is -2.21. The molecule has 156 valence electrons. The van der Waals surface area contributed by atoms with E-state index in [0.717, 1.165) is 4.47 Å². The van der Waals surface area contributed by atoms with E-state index in [1.165, 1.54) is 29.1 Å². The Morgan fingerprint density at radius 3 is 2.67 bits per heavy atom. The number of nitro benzene ring substituents is 1. The molecule has 2 aromatic carbocycles. The van der Waals surface area contributed by atoms with Gasteiger partial charge in [0.25, 0.3) is 11.2 Å². The number of halogens is 1. The van der Waals surface area contributed by atoms with E-state index in [-0.39, 0.29) is 16.7 Å².